The number of hydrogen-bond acceptors (Lipinski definition) is 3. The molecule has 11 rings (SSSR count). The van der Waals surface area contributed by atoms with Crippen LogP contribution in [0, 0.1) is 5.92 Å². The first-order chi connectivity index (χ1) is 30.2. The number of aromatic nitrogens is 2. The first kappa shape index (κ1) is 36.8. The van der Waals surface area contributed by atoms with Crippen molar-refractivity contribution < 1.29 is 0 Å². The van der Waals surface area contributed by atoms with Crippen LogP contribution in [0.25, 0.3) is 56.3 Å². The van der Waals surface area contributed by atoms with Crippen LogP contribution in [0.3, 0.4) is 0 Å². The zero-order chi connectivity index (χ0) is 40.5. The van der Waals surface area contributed by atoms with Gasteiger partial charge in [-0.05, 0) is 100 Å². The number of hydrogen-bond donors (Lipinski definition) is 0. The van der Waals surface area contributed by atoms with Crippen molar-refractivity contribution >= 4 is 28.1 Å². The second kappa shape index (κ2) is 16.1. The second-order valence-electron chi connectivity index (χ2n) is 16.5. The van der Waals surface area contributed by atoms with Gasteiger partial charge in [-0.3, -0.25) is 4.99 Å². The van der Waals surface area contributed by atoms with E-state index in [4.69, 9.17) is 15.0 Å². The van der Waals surface area contributed by atoms with Gasteiger partial charge in [0, 0.05) is 39.5 Å². The Balaban J connectivity index is 1.03. The minimum atomic E-state index is 0.125. The van der Waals surface area contributed by atoms with Crippen LogP contribution in [-0.2, 0) is 0 Å². The van der Waals surface area contributed by atoms with Gasteiger partial charge in [-0.25, -0.2) is 9.97 Å². The molecule has 0 saturated carbocycles. The Bertz CT molecular complexity index is 3000. The van der Waals surface area contributed by atoms with Crippen molar-refractivity contribution in [3.05, 3.63) is 239 Å². The summed E-state index contributed by atoms with van der Waals surface area (Å²) < 4.78 is 0. The van der Waals surface area contributed by atoms with Crippen LogP contribution in [0.15, 0.2) is 205 Å². The van der Waals surface area contributed by atoms with Crippen LogP contribution < -0.4 is 10.4 Å². The molecule has 2 atom stereocenters. The molecule has 0 fully saturated rings. The van der Waals surface area contributed by atoms with E-state index in [0.29, 0.717) is 0 Å². The lowest BCUT2D eigenvalue weighted by molar-refractivity contribution is 0.622. The Morgan fingerprint density at radius 3 is 1.67 bits per heavy atom. The van der Waals surface area contributed by atoms with Gasteiger partial charge in [0.1, 0.15) is 0 Å². The third-order valence-corrected chi connectivity index (χ3v) is 12.8. The van der Waals surface area contributed by atoms with Gasteiger partial charge in [0.05, 0.1) is 17.1 Å². The molecule has 0 saturated heterocycles. The molecule has 3 heteroatoms. The van der Waals surface area contributed by atoms with E-state index in [0.717, 1.165) is 71.7 Å². The van der Waals surface area contributed by atoms with Crippen molar-refractivity contribution in [1.29, 1.82) is 0 Å². The molecule has 2 unspecified atom stereocenters. The van der Waals surface area contributed by atoms with Crippen molar-refractivity contribution in [2.24, 2.45) is 10.9 Å². The maximum atomic E-state index is 5.50. The maximum Gasteiger partial charge on any atom is 0.160 e. The highest BCUT2D eigenvalue weighted by atomic mass is 14.9. The lowest BCUT2D eigenvalue weighted by atomic mass is 9.73. The van der Waals surface area contributed by atoms with Crippen molar-refractivity contribution in [3.63, 3.8) is 0 Å². The predicted octanol–water partition coefficient (Wildman–Crippen LogP) is 12.6. The van der Waals surface area contributed by atoms with Gasteiger partial charge >= 0.3 is 0 Å². The van der Waals surface area contributed by atoms with Gasteiger partial charge < -0.3 is 0 Å². The number of allylic oxidation sites excluding steroid dienone is 8. The number of aliphatic imine (C=N–C) groups is 1. The van der Waals surface area contributed by atoms with E-state index in [1.54, 1.807) is 0 Å². The molecule has 61 heavy (non-hydrogen) atoms. The lowest BCUT2D eigenvalue weighted by Gasteiger charge is -2.33. The number of nitrogens with zero attached hydrogens (tertiary/aromatic N) is 3. The minimum absolute atomic E-state index is 0.125. The van der Waals surface area contributed by atoms with Crippen LogP contribution in [-0.4, -0.2) is 15.7 Å². The highest BCUT2D eigenvalue weighted by molar-refractivity contribution is 6.06. The van der Waals surface area contributed by atoms with Crippen LogP contribution in [0.4, 0.5) is 0 Å². The largest absolute Gasteiger partial charge is 0.256 e. The summed E-state index contributed by atoms with van der Waals surface area (Å²) in [6, 6.07) is 59.5. The quantitative estimate of drug-likeness (QED) is 0.154. The Morgan fingerprint density at radius 2 is 1.00 bits per heavy atom. The highest BCUT2D eigenvalue weighted by Gasteiger charge is 2.39. The van der Waals surface area contributed by atoms with E-state index in [2.05, 4.69) is 200 Å². The van der Waals surface area contributed by atoms with Gasteiger partial charge in [0.15, 0.2) is 5.82 Å². The number of fused-ring (bicyclic) bond motifs is 2. The molecule has 1 aromatic heterocycles. The van der Waals surface area contributed by atoms with E-state index in [1.807, 2.05) is 0 Å². The molecule has 3 nitrogen and oxygen atoms in total. The molecule has 4 aliphatic rings. The zero-order valence-electron chi connectivity index (χ0n) is 34.1. The fourth-order valence-electron chi connectivity index (χ4n) is 9.73. The molecule has 292 valence electrons. The summed E-state index contributed by atoms with van der Waals surface area (Å²) in [6.45, 7) is 0. The summed E-state index contributed by atoms with van der Waals surface area (Å²) in [5.74, 6) is 1.10. The van der Waals surface area contributed by atoms with Gasteiger partial charge in [-0.1, -0.05) is 182 Å². The predicted molar refractivity (Wildman–Crippen MR) is 253 cm³/mol. The molecule has 0 N–H and O–H groups in total. The van der Waals surface area contributed by atoms with Crippen molar-refractivity contribution in [2.75, 3.05) is 0 Å². The molecule has 0 bridgehead atoms. The standard InChI is InChI=1S/C58H45N3/c1-5-17-39(18-6-1)45-25-15-27-47(35-45)54-38-53(60-58(61-54)48-28-16-26-46(36-48)40-19-7-2-8-20-40)43-31-33-44(34-32-43)55-49-29-13-14-30-50(49)57-56(55)51(41-21-9-3-10-22-41)37-52(59-57)42-23-11-4-12-24-42/h1-5,7,9-17,19,21-36,38,51,56H,6,8,18,20,37H2. The molecule has 0 spiro atoms. The van der Waals surface area contributed by atoms with E-state index in [1.165, 1.54) is 60.7 Å². The molecule has 6 aromatic carbocycles. The Morgan fingerprint density at radius 1 is 0.443 bits per heavy atom. The Hall–Kier alpha value is -7.23. The fourth-order valence-corrected chi connectivity index (χ4v) is 9.73. The van der Waals surface area contributed by atoms with E-state index < -0.39 is 0 Å². The average Bonchev–Trinajstić information content (AvgIpc) is 3.69. The van der Waals surface area contributed by atoms with Crippen LogP contribution >= 0.6 is 0 Å². The molecule has 1 aliphatic heterocycles. The summed E-state index contributed by atoms with van der Waals surface area (Å²) in [6.07, 6.45) is 18.4. The Kier molecular flexibility index (Phi) is 9.71. The SMILES string of the molecule is C1=CCCC(c2cccc(-c3cc(-c4ccc(C5=c6ccccc6=C6N=C(c7ccccc7)CC(c7ccccc7)C65)cc4)nc(-c4cccc(C5=CC=CCC5)c4)n3)c2)=C1. The van der Waals surface area contributed by atoms with Crippen LogP contribution in [0.2, 0.25) is 0 Å². The first-order valence-electron chi connectivity index (χ1n) is 21.7. The smallest absolute Gasteiger partial charge is 0.160 e. The first-order valence-corrected chi connectivity index (χ1v) is 21.7. The van der Waals surface area contributed by atoms with Crippen LogP contribution in [0.5, 0.6) is 0 Å². The molecule has 3 aliphatic carbocycles. The summed E-state index contributed by atoms with van der Waals surface area (Å²) in [5.41, 5.74) is 17.6. The van der Waals surface area contributed by atoms with Crippen molar-refractivity contribution in [3.8, 4) is 33.9 Å². The fraction of sp³-hybridized carbons (Fsp3) is 0.121. The lowest BCUT2D eigenvalue weighted by Crippen LogP contribution is -2.25. The third-order valence-electron chi connectivity index (χ3n) is 12.8. The second-order valence-corrected chi connectivity index (χ2v) is 16.5. The molecule has 2 heterocycles. The monoisotopic (exact) mass is 783 g/mol. The molecular weight excluding hydrogens is 739 g/mol. The zero-order valence-corrected chi connectivity index (χ0v) is 34.1. The minimum Gasteiger partial charge on any atom is -0.256 e. The summed E-state index contributed by atoms with van der Waals surface area (Å²) in [4.78, 5) is 16.1. The van der Waals surface area contributed by atoms with Crippen molar-refractivity contribution in [1.82, 2.24) is 9.97 Å². The van der Waals surface area contributed by atoms with Gasteiger partial charge in [-0.15, -0.1) is 0 Å². The number of rotatable bonds is 8. The molecule has 0 amide bonds. The molecule has 7 aromatic rings. The maximum absolute atomic E-state index is 5.50. The topological polar surface area (TPSA) is 38.1 Å². The average molecular weight is 784 g/mol. The number of benzene rings is 6. The van der Waals surface area contributed by atoms with E-state index >= 15 is 0 Å². The van der Waals surface area contributed by atoms with E-state index in [-0.39, 0.29) is 11.8 Å². The summed E-state index contributed by atoms with van der Waals surface area (Å²) in [5, 5.41) is 2.50. The molecular formula is C58H45N3. The van der Waals surface area contributed by atoms with Gasteiger partial charge in [0.2, 0.25) is 0 Å². The Labute approximate surface area is 358 Å². The van der Waals surface area contributed by atoms with Gasteiger partial charge in [-0.2, -0.15) is 0 Å². The van der Waals surface area contributed by atoms with Gasteiger partial charge in [0.25, 0.3) is 0 Å². The normalized spacial score (nSPS) is 17.9. The van der Waals surface area contributed by atoms with Crippen LogP contribution in [0.1, 0.15) is 65.8 Å². The van der Waals surface area contributed by atoms with E-state index in [9.17, 15) is 0 Å². The molecule has 0 radical (unpaired) electrons. The third kappa shape index (κ3) is 7.17. The summed E-state index contributed by atoms with van der Waals surface area (Å²) >= 11 is 0. The van der Waals surface area contributed by atoms with Crippen molar-refractivity contribution in [2.45, 2.75) is 38.0 Å². The highest BCUT2D eigenvalue weighted by Crippen LogP contribution is 2.47. The summed E-state index contributed by atoms with van der Waals surface area (Å²) in [7, 11) is 0.